The fourth-order valence-corrected chi connectivity index (χ4v) is 3.81. The van der Waals surface area contributed by atoms with Crippen LogP contribution in [0.1, 0.15) is 6.92 Å². The van der Waals surface area contributed by atoms with Gasteiger partial charge in [0.05, 0.1) is 0 Å². The lowest BCUT2D eigenvalue weighted by atomic mass is 10.2. The normalized spacial score (nSPS) is 15.0. The van der Waals surface area contributed by atoms with Gasteiger partial charge in [-0.05, 0) is 30.5 Å². The van der Waals surface area contributed by atoms with Gasteiger partial charge >= 0.3 is 0 Å². The summed E-state index contributed by atoms with van der Waals surface area (Å²) in [6.45, 7) is 6.59. The first-order chi connectivity index (χ1) is 11.8. The zero-order valence-electron chi connectivity index (χ0n) is 13.6. The van der Waals surface area contributed by atoms with Crippen molar-refractivity contribution in [2.24, 2.45) is 0 Å². The van der Waals surface area contributed by atoms with Crippen molar-refractivity contribution < 1.29 is 0 Å². The second kappa shape index (κ2) is 6.60. The van der Waals surface area contributed by atoms with Gasteiger partial charge in [0.15, 0.2) is 0 Å². The molecule has 24 heavy (non-hydrogen) atoms. The first kappa shape index (κ1) is 15.1. The number of aromatic nitrogens is 3. The summed E-state index contributed by atoms with van der Waals surface area (Å²) in [5.74, 6) is 2.78. The highest BCUT2D eigenvalue weighted by atomic mass is 32.1. The fraction of sp³-hybridized carbons (Fsp3) is 0.353. The van der Waals surface area contributed by atoms with E-state index in [1.165, 1.54) is 10.1 Å². The van der Waals surface area contributed by atoms with Crippen molar-refractivity contribution in [3.63, 3.8) is 0 Å². The number of fused-ring (bicyclic) bond motifs is 1. The molecule has 0 radical (unpaired) electrons. The molecule has 0 bridgehead atoms. The Bertz CT molecular complexity index is 825. The van der Waals surface area contributed by atoms with Crippen LogP contribution in [-0.2, 0) is 0 Å². The van der Waals surface area contributed by atoms with Gasteiger partial charge in [0.1, 0.15) is 11.6 Å². The van der Waals surface area contributed by atoms with Crippen LogP contribution < -0.4 is 15.1 Å². The van der Waals surface area contributed by atoms with Crippen LogP contribution in [0, 0.1) is 0 Å². The molecule has 0 saturated carbocycles. The predicted octanol–water partition coefficient (Wildman–Crippen LogP) is 2.84. The molecule has 1 aliphatic heterocycles. The van der Waals surface area contributed by atoms with E-state index in [4.69, 9.17) is 0 Å². The van der Waals surface area contributed by atoms with E-state index in [2.05, 4.69) is 54.5 Å². The summed E-state index contributed by atoms with van der Waals surface area (Å²) in [6, 6.07) is 6.15. The minimum absolute atomic E-state index is 0.801. The molecule has 6 nitrogen and oxygen atoms in total. The first-order valence-corrected chi connectivity index (χ1v) is 9.12. The number of hydrogen-bond donors (Lipinski definition) is 1. The van der Waals surface area contributed by atoms with E-state index >= 15 is 0 Å². The van der Waals surface area contributed by atoms with Gasteiger partial charge in [-0.1, -0.05) is 0 Å². The highest BCUT2D eigenvalue weighted by Gasteiger charge is 2.21. The smallest absolute Gasteiger partial charge is 0.227 e. The molecule has 4 rings (SSSR count). The lowest BCUT2D eigenvalue weighted by Crippen LogP contribution is -2.47. The molecule has 0 atom stereocenters. The number of rotatable bonds is 4. The number of piperazine rings is 1. The Hall–Kier alpha value is -2.41. The minimum Gasteiger partial charge on any atom is -0.370 e. The first-order valence-electron chi connectivity index (χ1n) is 8.24. The maximum atomic E-state index is 4.61. The summed E-state index contributed by atoms with van der Waals surface area (Å²) in [5, 5.41) is 6.62. The van der Waals surface area contributed by atoms with Gasteiger partial charge in [-0.3, -0.25) is 0 Å². The summed E-state index contributed by atoms with van der Waals surface area (Å²) < 4.78 is 1.30. The Labute approximate surface area is 145 Å². The van der Waals surface area contributed by atoms with E-state index < -0.39 is 0 Å². The topological polar surface area (TPSA) is 57.2 Å². The second-order valence-corrected chi connectivity index (χ2v) is 6.66. The Morgan fingerprint density at radius 1 is 1.04 bits per heavy atom. The third-order valence-electron chi connectivity index (χ3n) is 4.22. The lowest BCUT2D eigenvalue weighted by molar-refractivity contribution is 0.636. The van der Waals surface area contributed by atoms with Gasteiger partial charge in [-0.25, -0.2) is 9.97 Å². The van der Waals surface area contributed by atoms with Crippen molar-refractivity contribution in [2.45, 2.75) is 6.92 Å². The third kappa shape index (κ3) is 2.87. The van der Waals surface area contributed by atoms with Crippen LogP contribution in [0.5, 0.6) is 0 Å². The van der Waals surface area contributed by atoms with Crippen molar-refractivity contribution >= 4 is 39.0 Å². The Kier molecular flexibility index (Phi) is 4.17. The minimum atomic E-state index is 0.801. The van der Waals surface area contributed by atoms with Crippen molar-refractivity contribution in [3.05, 3.63) is 36.0 Å². The van der Waals surface area contributed by atoms with Crippen LogP contribution in [-0.4, -0.2) is 47.7 Å². The van der Waals surface area contributed by atoms with Crippen LogP contribution >= 0.6 is 11.3 Å². The molecule has 0 unspecified atom stereocenters. The molecule has 3 aromatic heterocycles. The fourth-order valence-electron chi connectivity index (χ4n) is 3.03. The SMILES string of the molecule is CCNc1ccnc(N2CCN(c3nccc4sccc34)CC2)n1. The molecule has 1 N–H and O–H groups in total. The van der Waals surface area contributed by atoms with Gasteiger partial charge in [0, 0.05) is 55.2 Å². The van der Waals surface area contributed by atoms with E-state index in [1.807, 2.05) is 18.5 Å². The average molecular weight is 340 g/mol. The molecule has 1 fully saturated rings. The van der Waals surface area contributed by atoms with E-state index in [1.54, 1.807) is 11.3 Å². The molecule has 1 saturated heterocycles. The summed E-state index contributed by atoms with van der Waals surface area (Å²) in [7, 11) is 0. The van der Waals surface area contributed by atoms with Crippen LogP contribution in [0.3, 0.4) is 0 Å². The van der Waals surface area contributed by atoms with Gasteiger partial charge in [-0.15, -0.1) is 11.3 Å². The number of nitrogens with one attached hydrogen (secondary N) is 1. The molecule has 0 amide bonds. The third-order valence-corrected chi connectivity index (χ3v) is 5.10. The molecule has 1 aliphatic rings. The molecular weight excluding hydrogens is 320 g/mol. The van der Waals surface area contributed by atoms with Gasteiger partial charge in [0.25, 0.3) is 0 Å². The van der Waals surface area contributed by atoms with Crippen molar-refractivity contribution in [1.29, 1.82) is 0 Å². The number of hydrogen-bond acceptors (Lipinski definition) is 7. The van der Waals surface area contributed by atoms with E-state index in [0.717, 1.165) is 50.3 Å². The summed E-state index contributed by atoms with van der Waals surface area (Å²) in [6.07, 6.45) is 3.73. The highest BCUT2D eigenvalue weighted by molar-refractivity contribution is 7.17. The maximum absolute atomic E-state index is 4.61. The molecular formula is C17H20N6S. The maximum Gasteiger partial charge on any atom is 0.227 e. The summed E-state index contributed by atoms with van der Waals surface area (Å²) in [5.41, 5.74) is 0. The largest absolute Gasteiger partial charge is 0.370 e. The van der Waals surface area contributed by atoms with Crippen LogP contribution in [0.15, 0.2) is 36.0 Å². The molecule has 4 heterocycles. The average Bonchev–Trinajstić information content (AvgIpc) is 3.11. The highest BCUT2D eigenvalue weighted by Crippen LogP contribution is 2.29. The second-order valence-electron chi connectivity index (χ2n) is 5.71. The van der Waals surface area contributed by atoms with Crippen LogP contribution in [0.25, 0.3) is 10.1 Å². The standard InChI is InChI=1S/C17H20N6S/c1-2-18-15-4-7-20-17(21-15)23-10-8-22(9-11-23)16-13-5-12-24-14(13)3-6-19-16/h3-7,12H,2,8-11H2,1H3,(H,18,20,21). The van der Waals surface area contributed by atoms with Crippen LogP contribution in [0.4, 0.5) is 17.6 Å². The molecule has 7 heteroatoms. The van der Waals surface area contributed by atoms with E-state index in [-0.39, 0.29) is 0 Å². The Morgan fingerprint density at radius 2 is 1.83 bits per heavy atom. The number of pyridine rings is 1. The van der Waals surface area contributed by atoms with Gasteiger partial charge < -0.3 is 15.1 Å². The van der Waals surface area contributed by atoms with Crippen molar-refractivity contribution in [2.75, 3.05) is 47.8 Å². The number of nitrogens with zero attached hydrogens (tertiary/aromatic N) is 5. The summed E-state index contributed by atoms with van der Waals surface area (Å²) in [4.78, 5) is 18.2. The van der Waals surface area contributed by atoms with E-state index in [0.29, 0.717) is 0 Å². The van der Waals surface area contributed by atoms with Crippen LogP contribution in [0.2, 0.25) is 0 Å². The van der Waals surface area contributed by atoms with E-state index in [9.17, 15) is 0 Å². The Balaban J connectivity index is 1.49. The van der Waals surface area contributed by atoms with Crippen molar-refractivity contribution in [1.82, 2.24) is 15.0 Å². The molecule has 124 valence electrons. The zero-order valence-corrected chi connectivity index (χ0v) is 14.5. The predicted molar refractivity (Wildman–Crippen MR) is 100 cm³/mol. The lowest BCUT2D eigenvalue weighted by Gasteiger charge is -2.35. The molecule has 3 aromatic rings. The van der Waals surface area contributed by atoms with Gasteiger partial charge in [-0.2, -0.15) is 4.98 Å². The quantitative estimate of drug-likeness (QED) is 0.788. The molecule has 0 aromatic carbocycles. The molecule has 0 aliphatic carbocycles. The monoisotopic (exact) mass is 340 g/mol. The molecule has 0 spiro atoms. The summed E-state index contributed by atoms with van der Waals surface area (Å²) >= 11 is 1.77. The van der Waals surface area contributed by atoms with Gasteiger partial charge in [0.2, 0.25) is 5.95 Å². The van der Waals surface area contributed by atoms with Crippen molar-refractivity contribution in [3.8, 4) is 0 Å². The number of thiophene rings is 1. The zero-order chi connectivity index (χ0) is 16.4. The number of anilines is 3. The Morgan fingerprint density at radius 3 is 2.67 bits per heavy atom.